The Morgan fingerprint density at radius 3 is 2.74 bits per heavy atom. The number of alkyl halides is 1. The summed E-state index contributed by atoms with van der Waals surface area (Å²) < 4.78 is 63.4. The molecule has 0 amide bonds. The van der Waals surface area contributed by atoms with Gasteiger partial charge in [0.1, 0.15) is 24.9 Å². The molecule has 3 aromatic rings. The van der Waals surface area contributed by atoms with E-state index >= 15 is 4.39 Å². The Bertz CT molecular complexity index is 1500. The summed E-state index contributed by atoms with van der Waals surface area (Å²) in [5.74, 6) is -1.17. The van der Waals surface area contributed by atoms with Crippen molar-refractivity contribution in [2.75, 3.05) is 19.5 Å². The number of nitrogens with zero attached hydrogens (tertiary/aromatic N) is 4. The highest BCUT2D eigenvalue weighted by molar-refractivity contribution is 7.50. The highest BCUT2D eigenvalue weighted by Crippen LogP contribution is 2.44. The Kier molecular flexibility index (Phi) is 8.77. The highest BCUT2D eigenvalue weighted by atomic mass is 31.2. The van der Waals surface area contributed by atoms with Crippen molar-refractivity contribution in [3.05, 3.63) is 30.6 Å². The van der Waals surface area contributed by atoms with Gasteiger partial charge in [-0.3, -0.25) is 9.36 Å². The van der Waals surface area contributed by atoms with Gasteiger partial charge in [0.05, 0.1) is 19.5 Å². The Morgan fingerprint density at radius 1 is 1.36 bits per heavy atom. The van der Waals surface area contributed by atoms with Crippen molar-refractivity contribution in [3.63, 3.8) is 0 Å². The number of carbonyl (C=O) groups is 1. The molecule has 5 N–H and O–H groups in total. The molecule has 18 heteroatoms. The van der Waals surface area contributed by atoms with E-state index < -0.39 is 56.9 Å². The molecule has 0 spiro atoms. The lowest BCUT2D eigenvalue weighted by Gasteiger charge is -2.24. The van der Waals surface area contributed by atoms with Gasteiger partial charge in [-0.15, -0.1) is 0 Å². The summed E-state index contributed by atoms with van der Waals surface area (Å²) in [5.41, 5.74) is 3.74. The van der Waals surface area contributed by atoms with Crippen molar-refractivity contribution in [3.8, 4) is 17.4 Å². The minimum Gasteiger partial charge on any atom is -0.487 e. The van der Waals surface area contributed by atoms with E-state index in [-0.39, 0.29) is 41.1 Å². The smallest absolute Gasteiger partial charge is 0.440 e. The van der Waals surface area contributed by atoms with Crippen molar-refractivity contribution in [2.45, 2.75) is 63.9 Å². The molecule has 0 aliphatic carbocycles. The zero-order valence-corrected chi connectivity index (χ0v) is 23.9. The summed E-state index contributed by atoms with van der Waals surface area (Å²) in [7, 11) is -3.42. The number of carbonyl (C=O) groups excluding carboxylic acids is 1. The van der Waals surface area contributed by atoms with E-state index in [1.807, 2.05) is 5.09 Å². The fraction of sp³-hybridized carbons (Fsp3) is 0.500. The number of aromatic nitrogens is 4. The fourth-order valence-electron chi connectivity index (χ4n) is 4.06. The molecule has 1 saturated heterocycles. The average molecular weight is 616 g/mol. The second kappa shape index (κ2) is 12.3. The molecule has 1 aromatic carbocycles. The van der Waals surface area contributed by atoms with Crippen LogP contribution in [0.3, 0.4) is 0 Å². The molecule has 4 rings (SSSR count). The van der Waals surface area contributed by atoms with E-state index in [0.717, 1.165) is 6.92 Å². The maximum atomic E-state index is 15.9. The molecule has 2 aromatic heterocycles. The standard InChI is InChI=1S/C24H32FN6O10P/c1-12(2)38-21(33)13(3)30-42(34,35)41-40-15-9-7-6-8-14(15)37-10-16-18(32)24(4,25)22(39-16)31-11-27-17-19(31)28-23(26)29-20(17)36-5/h6-9,11-13,16,18,22,32H,10H2,1-5H3,(H2,26,28,29)(H2,30,34,35)/t13?,16-,18-,22-,24-/m1/s1/i3D. The molecule has 1 aliphatic rings. The van der Waals surface area contributed by atoms with E-state index in [9.17, 15) is 19.4 Å². The molecule has 0 saturated carbocycles. The number of benzene rings is 1. The van der Waals surface area contributed by atoms with Gasteiger partial charge in [-0.1, -0.05) is 16.8 Å². The number of rotatable bonds is 12. The molecule has 0 bridgehead atoms. The topological polar surface area (TPSA) is 212 Å². The Morgan fingerprint density at radius 2 is 2.07 bits per heavy atom. The van der Waals surface area contributed by atoms with Crippen LogP contribution >= 0.6 is 7.75 Å². The third-order valence-corrected chi connectivity index (χ3v) is 6.92. The number of para-hydroxylation sites is 2. The average Bonchev–Trinajstić information content (AvgIpc) is 3.46. The number of nitrogens with one attached hydrogen (secondary N) is 1. The van der Waals surface area contributed by atoms with Gasteiger partial charge in [0, 0.05) is 1.37 Å². The first-order chi connectivity index (χ1) is 20.3. The van der Waals surface area contributed by atoms with Gasteiger partial charge in [0.15, 0.2) is 28.8 Å². The number of halogens is 1. The molecule has 1 aliphatic heterocycles. The van der Waals surface area contributed by atoms with Crippen molar-refractivity contribution in [1.82, 2.24) is 24.6 Å². The third-order valence-electron chi connectivity index (χ3n) is 6.01. The molecule has 230 valence electrons. The number of fused-ring (bicyclic) bond motifs is 1. The van der Waals surface area contributed by atoms with E-state index in [2.05, 4.69) is 19.6 Å². The first kappa shape index (κ1) is 29.9. The van der Waals surface area contributed by atoms with Crippen molar-refractivity contribution >= 4 is 30.8 Å². The van der Waals surface area contributed by atoms with Crippen LogP contribution in [0.4, 0.5) is 10.3 Å². The number of ether oxygens (including phenoxy) is 4. The van der Waals surface area contributed by atoms with Gasteiger partial charge < -0.3 is 39.6 Å². The van der Waals surface area contributed by atoms with E-state index in [4.69, 9.17) is 30.9 Å². The van der Waals surface area contributed by atoms with Crippen LogP contribution < -0.4 is 25.2 Å². The molecule has 3 heterocycles. The number of esters is 1. The largest absolute Gasteiger partial charge is 0.487 e. The van der Waals surface area contributed by atoms with Gasteiger partial charge in [0.25, 0.3) is 0 Å². The van der Waals surface area contributed by atoms with Crippen LogP contribution in [0.2, 0.25) is 0 Å². The maximum absolute atomic E-state index is 15.9. The lowest BCUT2D eigenvalue weighted by molar-refractivity contribution is -0.149. The van der Waals surface area contributed by atoms with Crippen LogP contribution in [0.25, 0.3) is 11.2 Å². The maximum Gasteiger partial charge on any atom is 0.440 e. The minimum absolute atomic E-state index is 0.0168. The summed E-state index contributed by atoms with van der Waals surface area (Å²) >= 11 is 0. The fourth-order valence-corrected chi connectivity index (χ4v) is 4.78. The molecular formula is C24H32FN6O10P. The lowest BCUT2D eigenvalue weighted by atomic mass is 9.98. The van der Waals surface area contributed by atoms with Gasteiger partial charge in [-0.05, 0) is 39.8 Å². The van der Waals surface area contributed by atoms with Crippen LogP contribution in [0.15, 0.2) is 30.6 Å². The van der Waals surface area contributed by atoms with Crippen LogP contribution in [0, 0.1) is 0 Å². The lowest BCUT2D eigenvalue weighted by Crippen LogP contribution is -2.41. The minimum atomic E-state index is -4.78. The normalized spacial score (nSPS) is 24.7. The van der Waals surface area contributed by atoms with E-state index in [1.54, 1.807) is 19.9 Å². The summed E-state index contributed by atoms with van der Waals surface area (Å²) in [6.07, 6.45) is -3.52. The van der Waals surface area contributed by atoms with Crippen LogP contribution in [0.1, 0.15) is 35.3 Å². The van der Waals surface area contributed by atoms with E-state index in [0.29, 0.717) is 0 Å². The quantitative estimate of drug-likeness (QED) is 0.0990. The van der Waals surface area contributed by atoms with Crippen molar-refractivity contribution in [2.24, 2.45) is 0 Å². The van der Waals surface area contributed by atoms with E-state index in [1.165, 1.54) is 36.2 Å². The number of hydrogen-bond acceptors (Lipinski definition) is 13. The number of aliphatic hydroxyl groups is 1. The number of nitrogens with two attached hydrogens (primary N) is 1. The van der Waals surface area contributed by atoms with Crippen LogP contribution in [-0.2, 0) is 23.5 Å². The number of nitrogen functional groups attached to an aromatic ring is 1. The Hall–Kier alpha value is -3.60. The predicted octanol–water partition coefficient (Wildman–Crippen LogP) is 1.82. The molecule has 6 atom stereocenters. The molecule has 0 radical (unpaired) electrons. The summed E-state index contributed by atoms with van der Waals surface area (Å²) in [4.78, 5) is 39.4. The Labute approximate surface area is 240 Å². The zero-order chi connectivity index (χ0) is 31.5. The second-order valence-corrected chi connectivity index (χ2v) is 11.1. The molecule has 16 nitrogen and oxygen atoms in total. The van der Waals surface area contributed by atoms with Crippen molar-refractivity contribution < 1.29 is 53.6 Å². The SMILES string of the molecule is [2H]CC(NP(=O)(O)OOc1ccccc1OC[C@H]1O[C@@H](n2cnc3c(OC)nc(N)nc32)[C@](C)(F)[C@@H]1O)C(=O)OC(C)C. The summed E-state index contributed by atoms with van der Waals surface area (Å²) in [6.45, 7) is 3.32. The van der Waals surface area contributed by atoms with Crippen LogP contribution in [-0.4, -0.2) is 79.2 Å². The third kappa shape index (κ3) is 6.72. The highest BCUT2D eigenvalue weighted by Gasteiger charge is 2.55. The first-order valence-electron chi connectivity index (χ1n) is 13.2. The number of aliphatic hydroxyl groups excluding tert-OH is 1. The Balaban J connectivity index is 1.44. The monoisotopic (exact) mass is 615 g/mol. The van der Waals surface area contributed by atoms with Gasteiger partial charge in [-0.2, -0.15) is 9.97 Å². The molecule has 2 unspecified atom stereocenters. The zero-order valence-electron chi connectivity index (χ0n) is 24.0. The van der Waals surface area contributed by atoms with Gasteiger partial charge in [-0.25, -0.2) is 19.0 Å². The molecule has 42 heavy (non-hydrogen) atoms. The first-order valence-corrected chi connectivity index (χ1v) is 14.1. The number of imidazole rings is 1. The number of methoxy groups -OCH3 is 1. The summed E-state index contributed by atoms with van der Waals surface area (Å²) in [5, 5.41) is 12.8. The van der Waals surface area contributed by atoms with Crippen LogP contribution in [0.5, 0.6) is 17.4 Å². The van der Waals surface area contributed by atoms with Crippen molar-refractivity contribution in [1.29, 1.82) is 0 Å². The van der Waals surface area contributed by atoms with Gasteiger partial charge in [0.2, 0.25) is 17.6 Å². The summed E-state index contributed by atoms with van der Waals surface area (Å²) in [6, 6.07) is 4.36. The number of anilines is 1. The molecule has 1 fully saturated rings. The predicted molar refractivity (Wildman–Crippen MR) is 143 cm³/mol. The van der Waals surface area contributed by atoms with Gasteiger partial charge >= 0.3 is 13.7 Å². The molecular weight excluding hydrogens is 582 g/mol. The number of hydrogen-bond donors (Lipinski definition) is 4. The second-order valence-electron chi connectivity index (χ2n) is 9.64.